The van der Waals surface area contributed by atoms with Crippen molar-refractivity contribution < 1.29 is 4.74 Å². The van der Waals surface area contributed by atoms with Crippen LogP contribution in [0.25, 0.3) is 0 Å². The van der Waals surface area contributed by atoms with Gasteiger partial charge in [-0.1, -0.05) is 0 Å². The summed E-state index contributed by atoms with van der Waals surface area (Å²) in [6, 6.07) is 0. The summed E-state index contributed by atoms with van der Waals surface area (Å²) in [7, 11) is 1.59. The lowest BCUT2D eigenvalue weighted by Gasteiger charge is -1.94. The second-order valence-corrected chi connectivity index (χ2v) is 2.18. The zero-order valence-corrected chi connectivity index (χ0v) is 5.94. The van der Waals surface area contributed by atoms with Crippen molar-refractivity contribution in [3.8, 4) is 5.88 Å². The van der Waals surface area contributed by atoms with Crippen molar-refractivity contribution in [2.24, 2.45) is 5.73 Å². The summed E-state index contributed by atoms with van der Waals surface area (Å²) in [6.07, 6.45) is 0. The maximum absolute atomic E-state index is 5.36. The molecular weight excluding hydrogens is 136 g/mol. The van der Waals surface area contributed by atoms with Crippen molar-refractivity contribution in [1.82, 2.24) is 4.37 Å². The minimum atomic E-state index is 0.500. The number of ether oxygens (including phenoxy) is 1. The molecule has 0 bridgehead atoms. The van der Waals surface area contributed by atoms with Gasteiger partial charge in [0.1, 0.15) is 0 Å². The summed E-state index contributed by atoms with van der Waals surface area (Å²) in [4.78, 5) is 0. The summed E-state index contributed by atoms with van der Waals surface area (Å²) in [5.41, 5.74) is 6.33. The second kappa shape index (κ2) is 2.80. The molecule has 4 heteroatoms. The number of nitrogens with two attached hydrogens (primary N) is 1. The molecule has 1 aromatic rings. The van der Waals surface area contributed by atoms with Crippen molar-refractivity contribution in [3.63, 3.8) is 0 Å². The molecule has 0 saturated carbocycles. The van der Waals surface area contributed by atoms with E-state index in [0.29, 0.717) is 12.4 Å². The standard InChI is InChI=1S/C5H8N2OS/c1-8-5-4(2-6)3-9-7-5/h3H,2,6H2,1H3. The van der Waals surface area contributed by atoms with Gasteiger partial charge in [-0.2, -0.15) is 4.37 Å². The molecule has 0 saturated heterocycles. The second-order valence-electron chi connectivity index (χ2n) is 1.55. The van der Waals surface area contributed by atoms with Crippen molar-refractivity contribution in [2.45, 2.75) is 6.54 Å². The Morgan fingerprint density at radius 2 is 2.67 bits per heavy atom. The molecule has 0 atom stereocenters. The van der Waals surface area contributed by atoms with Crippen LogP contribution in [0.2, 0.25) is 0 Å². The van der Waals surface area contributed by atoms with Gasteiger partial charge in [-0.05, 0) is 11.5 Å². The van der Waals surface area contributed by atoms with E-state index in [1.54, 1.807) is 7.11 Å². The number of rotatable bonds is 2. The summed E-state index contributed by atoms with van der Waals surface area (Å²) >= 11 is 1.36. The number of hydrogen-bond acceptors (Lipinski definition) is 4. The van der Waals surface area contributed by atoms with Crippen LogP contribution < -0.4 is 10.5 Å². The normalized spacial score (nSPS) is 9.56. The van der Waals surface area contributed by atoms with Gasteiger partial charge in [0.15, 0.2) is 0 Å². The molecule has 2 N–H and O–H groups in total. The summed E-state index contributed by atoms with van der Waals surface area (Å²) in [6.45, 7) is 0.500. The number of aromatic nitrogens is 1. The van der Waals surface area contributed by atoms with E-state index < -0.39 is 0 Å². The first-order valence-electron chi connectivity index (χ1n) is 2.55. The van der Waals surface area contributed by atoms with Gasteiger partial charge in [0, 0.05) is 17.5 Å². The molecule has 0 fully saturated rings. The largest absolute Gasteiger partial charge is 0.480 e. The van der Waals surface area contributed by atoms with E-state index in [0.717, 1.165) is 5.56 Å². The molecule has 1 aromatic heterocycles. The molecule has 0 aromatic carbocycles. The van der Waals surface area contributed by atoms with E-state index in [-0.39, 0.29) is 0 Å². The van der Waals surface area contributed by atoms with Crippen LogP contribution in [0.15, 0.2) is 5.38 Å². The lowest BCUT2D eigenvalue weighted by Crippen LogP contribution is -1.96. The molecule has 3 nitrogen and oxygen atoms in total. The van der Waals surface area contributed by atoms with Crippen LogP contribution in [0, 0.1) is 0 Å². The maximum atomic E-state index is 5.36. The first-order valence-corrected chi connectivity index (χ1v) is 3.39. The van der Waals surface area contributed by atoms with Crippen molar-refractivity contribution in [2.75, 3.05) is 7.11 Å². The van der Waals surface area contributed by atoms with Crippen molar-refractivity contribution in [3.05, 3.63) is 10.9 Å². The Morgan fingerprint density at radius 1 is 1.89 bits per heavy atom. The fraction of sp³-hybridized carbons (Fsp3) is 0.400. The topological polar surface area (TPSA) is 48.1 Å². The molecular formula is C5H8N2OS. The summed E-state index contributed by atoms with van der Waals surface area (Å²) < 4.78 is 8.84. The molecule has 50 valence electrons. The van der Waals surface area contributed by atoms with Gasteiger partial charge in [0.05, 0.1) is 7.11 Å². The van der Waals surface area contributed by atoms with E-state index in [1.165, 1.54) is 11.5 Å². The molecule has 9 heavy (non-hydrogen) atoms. The highest BCUT2D eigenvalue weighted by Crippen LogP contribution is 2.16. The SMILES string of the molecule is COc1nscc1CN. The Morgan fingerprint density at radius 3 is 3.11 bits per heavy atom. The van der Waals surface area contributed by atoms with Gasteiger partial charge in [0.2, 0.25) is 5.88 Å². The lowest BCUT2D eigenvalue weighted by atomic mass is 10.4. The van der Waals surface area contributed by atoms with Gasteiger partial charge >= 0.3 is 0 Å². The van der Waals surface area contributed by atoms with E-state index in [2.05, 4.69) is 4.37 Å². The zero-order valence-electron chi connectivity index (χ0n) is 5.13. The zero-order chi connectivity index (χ0) is 6.69. The molecule has 0 aliphatic rings. The average molecular weight is 144 g/mol. The fourth-order valence-electron chi connectivity index (χ4n) is 0.551. The highest BCUT2D eigenvalue weighted by molar-refractivity contribution is 7.03. The Labute approximate surface area is 57.6 Å². The number of hydrogen-bond donors (Lipinski definition) is 1. The Hall–Kier alpha value is -0.610. The first kappa shape index (κ1) is 6.51. The maximum Gasteiger partial charge on any atom is 0.229 e. The van der Waals surface area contributed by atoms with Crippen LogP contribution in [0.3, 0.4) is 0 Å². The average Bonchev–Trinajstić information content (AvgIpc) is 2.33. The molecule has 0 amide bonds. The molecule has 0 radical (unpaired) electrons. The Kier molecular flexibility index (Phi) is 2.02. The molecule has 0 unspecified atom stereocenters. The van der Waals surface area contributed by atoms with Crippen molar-refractivity contribution in [1.29, 1.82) is 0 Å². The van der Waals surface area contributed by atoms with E-state index >= 15 is 0 Å². The van der Waals surface area contributed by atoms with Gasteiger partial charge in [0.25, 0.3) is 0 Å². The van der Waals surface area contributed by atoms with E-state index in [1.807, 2.05) is 5.38 Å². The Balaban J connectivity index is 2.85. The highest BCUT2D eigenvalue weighted by atomic mass is 32.1. The predicted octanol–water partition coefficient (Wildman–Crippen LogP) is 0.610. The smallest absolute Gasteiger partial charge is 0.229 e. The van der Waals surface area contributed by atoms with Gasteiger partial charge in [-0.15, -0.1) is 0 Å². The van der Waals surface area contributed by atoms with E-state index in [4.69, 9.17) is 10.5 Å². The molecule has 0 aliphatic carbocycles. The minimum absolute atomic E-state index is 0.500. The molecule has 0 spiro atoms. The van der Waals surface area contributed by atoms with Crippen LogP contribution in [0.5, 0.6) is 5.88 Å². The van der Waals surface area contributed by atoms with Crippen molar-refractivity contribution >= 4 is 11.5 Å². The molecule has 1 heterocycles. The predicted molar refractivity (Wildman–Crippen MR) is 36.6 cm³/mol. The highest BCUT2D eigenvalue weighted by Gasteiger charge is 2.01. The van der Waals surface area contributed by atoms with Gasteiger partial charge in [-0.3, -0.25) is 0 Å². The lowest BCUT2D eigenvalue weighted by molar-refractivity contribution is 0.398. The summed E-state index contributed by atoms with van der Waals surface area (Å²) in [5, 5.41) is 1.89. The first-order chi connectivity index (χ1) is 4.38. The van der Waals surface area contributed by atoms with Gasteiger partial charge < -0.3 is 10.5 Å². The van der Waals surface area contributed by atoms with E-state index in [9.17, 15) is 0 Å². The fourth-order valence-corrected chi connectivity index (χ4v) is 1.22. The third kappa shape index (κ3) is 1.20. The van der Waals surface area contributed by atoms with Gasteiger partial charge in [-0.25, -0.2) is 0 Å². The third-order valence-electron chi connectivity index (χ3n) is 1.02. The van der Waals surface area contributed by atoms with Crippen LogP contribution in [0.4, 0.5) is 0 Å². The quantitative estimate of drug-likeness (QED) is 0.661. The third-order valence-corrected chi connectivity index (χ3v) is 1.68. The number of methoxy groups -OCH3 is 1. The molecule has 1 rings (SSSR count). The van der Waals surface area contributed by atoms with Crippen LogP contribution in [0.1, 0.15) is 5.56 Å². The monoisotopic (exact) mass is 144 g/mol. The van der Waals surface area contributed by atoms with Crippen LogP contribution in [-0.4, -0.2) is 11.5 Å². The Bertz CT molecular complexity index is 168. The minimum Gasteiger partial charge on any atom is -0.480 e. The summed E-state index contributed by atoms with van der Waals surface area (Å²) in [5.74, 6) is 0.655. The van der Waals surface area contributed by atoms with Crippen LogP contribution >= 0.6 is 11.5 Å². The number of nitrogens with zero attached hydrogens (tertiary/aromatic N) is 1. The van der Waals surface area contributed by atoms with Crippen LogP contribution in [-0.2, 0) is 6.54 Å². The molecule has 0 aliphatic heterocycles.